The third-order valence-corrected chi connectivity index (χ3v) is 1.72. The number of hydrogen-bond donors (Lipinski definition) is 0. The van der Waals surface area contributed by atoms with E-state index in [2.05, 4.69) is 4.98 Å². The molecule has 0 bridgehead atoms. The molecule has 0 aromatic carbocycles. The average molecular weight is 147 g/mol. The van der Waals surface area contributed by atoms with Gasteiger partial charge in [0.2, 0.25) is 5.88 Å². The van der Waals surface area contributed by atoms with E-state index >= 15 is 0 Å². The molecule has 0 saturated carbocycles. The fourth-order valence-electron chi connectivity index (χ4n) is 0.939. The zero-order chi connectivity index (χ0) is 8.43. The highest BCUT2D eigenvalue weighted by molar-refractivity contribution is 6.34. The third kappa shape index (κ3) is 1.37. The summed E-state index contributed by atoms with van der Waals surface area (Å²) in [5.41, 5.74) is 2.66. The molecule has 1 rings (SSSR count). The number of nitrogens with zero attached hydrogens (tertiary/aromatic N) is 1. The Labute approximate surface area is 68.0 Å². The van der Waals surface area contributed by atoms with Gasteiger partial charge < -0.3 is 4.74 Å². The number of hydrogen-bond acceptors (Lipinski definition) is 2. The number of aryl methyl sites for hydroxylation is 1. The highest BCUT2D eigenvalue weighted by Crippen LogP contribution is 2.10. The Morgan fingerprint density at radius 2 is 2.09 bits per heavy atom. The van der Waals surface area contributed by atoms with Gasteiger partial charge in [-0.25, -0.2) is 4.98 Å². The molecule has 0 aliphatic rings. The van der Waals surface area contributed by atoms with E-state index in [1.54, 1.807) is 13.3 Å². The Balaban J connectivity index is 3.25. The summed E-state index contributed by atoms with van der Waals surface area (Å²) in [5, 5.41) is 0. The van der Waals surface area contributed by atoms with Gasteiger partial charge in [0.15, 0.2) is 0 Å². The van der Waals surface area contributed by atoms with Crippen molar-refractivity contribution in [1.29, 1.82) is 0 Å². The Kier molecular flexibility index (Phi) is 2.18. The molecule has 1 aromatic rings. The first-order valence-electron chi connectivity index (χ1n) is 3.42. The van der Waals surface area contributed by atoms with E-state index in [9.17, 15) is 0 Å². The number of ether oxygens (including phenoxy) is 1. The van der Waals surface area contributed by atoms with Crippen LogP contribution in [-0.2, 0) is 0 Å². The van der Waals surface area contributed by atoms with Gasteiger partial charge in [0.05, 0.1) is 7.11 Å². The van der Waals surface area contributed by atoms with Crippen molar-refractivity contribution in [2.45, 2.75) is 13.8 Å². The van der Waals surface area contributed by atoms with Crippen LogP contribution in [0.2, 0.25) is 0 Å². The predicted octanol–water partition coefficient (Wildman–Crippen LogP) is 0.501. The minimum atomic E-state index is 0.605. The van der Waals surface area contributed by atoms with E-state index < -0.39 is 0 Å². The minimum Gasteiger partial charge on any atom is -0.481 e. The zero-order valence-corrected chi connectivity index (χ0v) is 7.01. The lowest BCUT2D eigenvalue weighted by Gasteiger charge is -2.07. The molecule has 0 aliphatic heterocycles. The summed E-state index contributed by atoms with van der Waals surface area (Å²) in [4.78, 5) is 4.05. The molecule has 0 aliphatic carbocycles. The number of methoxy groups -OCH3 is 1. The maximum absolute atomic E-state index is 5.74. The lowest BCUT2D eigenvalue weighted by Crippen LogP contribution is -2.13. The number of pyridine rings is 1. The van der Waals surface area contributed by atoms with E-state index in [0.29, 0.717) is 5.88 Å². The second-order valence-corrected chi connectivity index (χ2v) is 2.49. The monoisotopic (exact) mass is 147 g/mol. The summed E-state index contributed by atoms with van der Waals surface area (Å²) < 4.78 is 4.99. The Bertz CT molecular complexity index is 273. The summed E-state index contributed by atoms with van der Waals surface area (Å²) in [6, 6.07) is 0. The fourth-order valence-corrected chi connectivity index (χ4v) is 0.939. The van der Waals surface area contributed by atoms with Crippen LogP contribution in [0.25, 0.3) is 0 Å². The van der Waals surface area contributed by atoms with E-state index in [1.165, 1.54) is 0 Å². The molecule has 11 heavy (non-hydrogen) atoms. The van der Waals surface area contributed by atoms with Crippen LogP contribution in [0.3, 0.4) is 0 Å². The van der Waals surface area contributed by atoms with Crippen molar-refractivity contribution in [1.82, 2.24) is 4.98 Å². The predicted molar refractivity (Wildman–Crippen MR) is 45.7 cm³/mol. The average Bonchev–Trinajstić information content (AvgIpc) is 2.01. The standard InChI is InChI=1S/C8H10BNO/c1-5-4-10-8(11-3)6(2)7(5)9/h4H,1-3H3. The Morgan fingerprint density at radius 3 is 2.64 bits per heavy atom. The van der Waals surface area contributed by atoms with Crippen LogP contribution >= 0.6 is 0 Å². The molecule has 2 nitrogen and oxygen atoms in total. The number of rotatable bonds is 1. The van der Waals surface area contributed by atoms with Crippen molar-refractivity contribution in [3.05, 3.63) is 17.3 Å². The third-order valence-electron chi connectivity index (χ3n) is 1.72. The molecule has 0 N–H and O–H groups in total. The summed E-state index contributed by atoms with van der Waals surface area (Å²) >= 11 is 0. The van der Waals surface area contributed by atoms with Crippen LogP contribution in [0, 0.1) is 13.8 Å². The molecule has 0 spiro atoms. The van der Waals surface area contributed by atoms with Gasteiger partial charge >= 0.3 is 0 Å². The van der Waals surface area contributed by atoms with E-state index in [1.807, 2.05) is 13.8 Å². The summed E-state index contributed by atoms with van der Waals surface area (Å²) in [7, 11) is 7.33. The van der Waals surface area contributed by atoms with Crippen LogP contribution in [0.4, 0.5) is 0 Å². The van der Waals surface area contributed by atoms with Crippen molar-refractivity contribution in [2.75, 3.05) is 7.11 Å². The van der Waals surface area contributed by atoms with Crippen molar-refractivity contribution in [2.24, 2.45) is 0 Å². The first-order chi connectivity index (χ1) is 5.16. The summed E-state index contributed by atoms with van der Waals surface area (Å²) in [6.07, 6.45) is 1.71. The molecular weight excluding hydrogens is 137 g/mol. The smallest absolute Gasteiger partial charge is 0.215 e. The largest absolute Gasteiger partial charge is 0.481 e. The van der Waals surface area contributed by atoms with Crippen molar-refractivity contribution >= 4 is 13.3 Å². The van der Waals surface area contributed by atoms with Gasteiger partial charge in [-0.2, -0.15) is 0 Å². The van der Waals surface area contributed by atoms with Crippen LogP contribution in [0.5, 0.6) is 5.88 Å². The van der Waals surface area contributed by atoms with Crippen molar-refractivity contribution in [3.8, 4) is 5.88 Å². The van der Waals surface area contributed by atoms with Gasteiger partial charge in [-0.1, -0.05) is 5.46 Å². The second kappa shape index (κ2) is 2.95. The maximum atomic E-state index is 5.74. The van der Waals surface area contributed by atoms with Crippen LogP contribution in [0.15, 0.2) is 6.20 Å². The summed E-state index contributed by atoms with van der Waals surface area (Å²) in [5.74, 6) is 0.605. The molecular formula is C8H10BNO. The fraction of sp³-hybridized carbons (Fsp3) is 0.375. The van der Waals surface area contributed by atoms with Gasteiger partial charge in [0.25, 0.3) is 0 Å². The van der Waals surface area contributed by atoms with Crippen LogP contribution in [0.1, 0.15) is 11.1 Å². The van der Waals surface area contributed by atoms with E-state index in [0.717, 1.165) is 16.6 Å². The van der Waals surface area contributed by atoms with Gasteiger partial charge in [0, 0.05) is 11.8 Å². The Morgan fingerprint density at radius 1 is 1.45 bits per heavy atom. The molecule has 0 atom stereocenters. The van der Waals surface area contributed by atoms with E-state index in [4.69, 9.17) is 12.6 Å². The molecule has 3 heteroatoms. The first kappa shape index (κ1) is 8.11. The molecule has 0 saturated heterocycles. The molecule has 2 radical (unpaired) electrons. The van der Waals surface area contributed by atoms with Gasteiger partial charge in [-0.3, -0.25) is 0 Å². The molecule has 1 aromatic heterocycles. The molecule has 0 unspecified atom stereocenters. The maximum Gasteiger partial charge on any atom is 0.215 e. The zero-order valence-electron chi connectivity index (χ0n) is 7.01. The van der Waals surface area contributed by atoms with Gasteiger partial charge in [-0.15, -0.1) is 0 Å². The molecule has 1 heterocycles. The van der Waals surface area contributed by atoms with Gasteiger partial charge in [-0.05, 0) is 19.4 Å². The topological polar surface area (TPSA) is 22.1 Å². The molecule has 0 fully saturated rings. The number of aromatic nitrogens is 1. The lowest BCUT2D eigenvalue weighted by molar-refractivity contribution is 0.395. The van der Waals surface area contributed by atoms with Crippen LogP contribution in [-0.4, -0.2) is 19.9 Å². The van der Waals surface area contributed by atoms with Crippen LogP contribution < -0.4 is 10.2 Å². The Hall–Kier alpha value is -0.985. The van der Waals surface area contributed by atoms with Crippen molar-refractivity contribution in [3.63, 3.8) is 0 Å². The van der Waals surface area contributed by atoms with E-state index in [-0.39, 0.29) is 0 Å². The SMILES string of the molecule is [B]c1c(C)cnc(OC)c1C. The highest BCUT2D eigenvalue weighted by atomic mass is 16.5. The first-order valence-corrected chi connectivity index (χ1v) is 3.42. The molecule has 0 amide bonds. The lowest BCUT2D eigenvalue weighted by atomic mass is 9.88. The summed E-state index contributed by atoms with van der Waals surface area (Å²) in [6.45, 7) is 3.82. The normalized spacial score (nSPS) is 9.73. The minimum absolute atomic E-state index is 0.605. The molecule has 56 valence electrons. The quantitative estimate of drug-likeness (QED) is 0.539. The second-order valence-electron chi connectivity index (χ2n) is 2.49. The highest BCUT2D eigenvalue weighted by Gasteiger charge is 2.03. The van der Waals surface area contributed by atoms with Gasteiger partial charge in [0.1, 0.15) is 7.85 Å². The van der Waals surface area contributed by atoms with Crippen molar-refractivity contribution < 1.29 is 4.74 Å².